The molecular weight excluding hydrogens is 466 g/mol. The second-order valence-electron chi connectivity index (χ2n) is 8.34. The van der Waals surface area contributed by atoms with Crippen LogP contribution in [0.15, 0.2) is 78.0 Å². The third-order valence-electron chi connectivity index (χ3n) is 5.98. The second kappa shape index (κ2) is 11.5. The minimum absolute atomic E-state index is 0.264. The van der Waals surface area contributed by atoms with Crippen LogP contribution in [0.2, 0.25) is 0 Å². The summed E-state index contributed by atoms with van der Waals surface area (Å²) >= 11 is 0. The molecule has 9 heteroatoms. The fraction of sp³-hybridized carbons (Fsp3) is 0.269. The molecule has 0 aliphatic carbocycles. The van der Waals surface area contributed by atoms with Crippen molar-refractivity contribution >= 4 is 22.0 Å². The summed E-state index contributed by atoms with van der Waals surface area (Å²) < 4.78 is 34.0. The van der Waals surface area contributed by atoms with Crippen molar-refractivity contribution < 1.29 is 23.2 Å². The van der Waals surface area contributed by atoms with E-state index in [0.29, 0.717) is 12.0 Å². The fourth-order valence-corrected chi connectivity index (χ4v) is 5.58. The molecule has 1 aliphatic rings. The third-order valence-corrected chi connectivity index (χ3v) is 7.70. The van der Waals surface area contributed by atoms with Crippen molar-refractivity contribution in [3.05, 3.63) is 84.2 Å². The molecule has 1 fully saturated rings. The SMILES string of the molecule is O=C(C=Cc1ccn(S(=O)(=O)c2cc(-c3ccccc3)ccc2CCCN2CCOCC2)c1)NO. The smallest absolute Gasteiger partial charge is 0.267 e. The first-order valence-electron chi connectivity index (χ1n) is 11.5. The number of aromatic nitrogens is 1. The number of aryl methyl sites for hydroxylation is 1. The predicted molar refractivity (Wildman–Crippen MR) is 133 cm³/mol. The summed E-state index contributed by atoms with van der Waals surface area (Å²) in [5.74, 6) is -0.696. The number of benzene rings is 2. The average molecular weight is 496 g/mol. The topological polar surface area (TPSA) is 101 Å². The normalized spacial score (nSPS) is 14.9. The van der Waals surface area contributed by atoms with Crippen LogP contribution in [-0.2, 0) is 26.0 Å². The van der Waals surface area contributed by atoms with E-state index in [2.05, 4.69) is 4.90 Å². The number of carbonyl (C=O) groups is 1. The lowest BCUT2D eigenvalue weighted by atomic mass is 10.0. The van der Waals surface area contributed by atoms with Crippen molar-refractivity contribution in [1.29, 1.82) is 0 Å². The maximum Gasteiger partial charge on any atom is 0.267 e. The van der Waals surface area contributed by atoms with Gasteiger partial charge < -0.3 is 4.74 Å². The van der Waals surface area contributed by atoms with Crippen LogP contribution in [0.25, 0.3) is 17.2 Å². The maximum absolute atomic E-state index is 13.7. The van der Waals surface area contributed by atoms with Gasteiger partial charge >= 0.3 is 0 Å². The summed E-state index contributed by atoms with van der Waals surface area (Å²) in [6, 6.07) is 16.9. The van der Waals surface area contributed by atoms with Gasteiger partial charge in [0.25, 0.3) is 15.9 Å². The van der Waals surface area contributed by atoms with Crippen LogP contribution in [0.3, 0.4) is 0 Å². The molecule has 0 spiro atoms. The zero-order valence-electron chi connectivity index (χ0n) is 19.3. The van der Waals surface area contributed by atoms with E-state index in [1.54, 1.807) is 12.1 Å². The first-order chi connectivity index (χ1) is 17.0. The summed E-state index contributed by atoms with van der Waals surface area (Å²) in [7, 11) is -3.88. The molecule has 4 rings (SSSR count). The molecule has 2 heterocycles. The first kappa shape index (κ1) is 24.9. The molecule has 1 saturated heterocycles. The van der Waals surface area contributed by atoms with Crippen molar-refractivity contribution in [2.24, 2.45) is 0 Å². The van der Waals surface area contributed by atoms with Gasteiger partial charge in [-0.05, 0) is 59.8 Å². The largest absolute Gasteiger partial charge is 0.379 e. The van der Waals surface area contributed by atoms with Crippen LogP contribution in [-0.4, -0.2) is 61.3 Å². The van der Waals surface area contributed by atoms with E-state index in [0.717, 1.165) is 62.0 Å². The van der Waals surface area contributed by atoms with Gasteiger partial charge in [-0.15, -0.1) is 0 Å². The number of amides is 1. The molecule has 0 radical (unpaired) electrons. The Labute approximate surface area is 205 Å². The lowest BCUT2D eigenvalue weighted by molar-refractivity contribution is -0.124. The summed E-state index contributed by atoms with van der Waals surface area (Å²) in [4.78, 5) is 13.9. The number of morpholine rings is 1. The lowest BCUT2D eigenvalue weighted by Crippen LogP contribution is -2.37. The van der Waals surface area contributed by atoms with Crippen LogP contribution in [0.5, 0.6) is 0 Å². The Morgan fingerprint density at radius 3 is 2.57 bits per heavy atom. The number of hydrogen-bond donors (Lipinski definition) is 2. The minimum atomic E-state index is -3.88. The summed E-state index contributed by atoms with van der Waals surface area (Å²) in [6.07, 6.45) is 6.93. The number of nitrogens with zero attached hydrogens (tertiary/aromatic N) is 2. The van der Waals surface area contributed by atoms with Crippen molar-refractivity contribution in [2.75, 3.05) is 32.8 Å². The molecule has 0 atom stereocenters. The highest BCUT2D eigenvalue weighted by Crippen LogP contribution is 2.28. The Hall–Kier alpha value is -3.24. The van der Waals surface area contributed by atoms with Crippen LogP contribution >= 0.6 is 0 Å². The monoisotopic (exact) mass is 495 g/mol. The van der Waals surface area contributed by atoms with E-state index >= 15 is 0 Å². The number of carbonyl (C=O) groups excluding carboxylic acids is 1. The fourth-order valence-electron chi connectivity index (χ4n) is 4.09. The Morgan fingerprint density at radius 2 is 1.83 bits per heavy atom. The van der Waals surface area contributed by atoms with Gasteiger partial charge in [-0.25, -0.2) is 17.9 Å². The zero-order chi connectivity index (χ0) is 24.7. The average Bonchev–Trinajstić information content (AvgIpc) is 3.38. The van der Waals surface area contributed by atoms with E-state index in [1.165, 1.54) is 27.9 Å². The van der Waals surface area contributed by atoms with Gasteiger partial charge in [0.05, 0.1) is 18.1 Å². The van der Waals surface area contributed by atoms with E-state index in [1.807, 2.05) is 42.5 Å². The number of nitrogens with one attached hydrogen (secondary N) is 1. The van der Waals surface area contributed by atoms with Crippen LogP contribution < -0.4 is 5.48 Å². The maximum atomic E-state index is 13.7. The summed E-state index contributed by atoms with van der Waals surface area (Å²) in [5, 5.41) is 8.64. The standard InChI is InChI=1S/C26H29N3O5S/c30-26(27-31)11-8-21-12-14-29(20-21)35(32,33)25-19-24(22-5-2-1-3-6-22)10-9-23(25)7-4-13-28-15-17-34-18-16-28/h1-3,5-6,8-12,14,19-20,31H,4,7,13,15-18H2,(H,27,30). The minimum Gasteiger partial charge on any atom is -0.379 e. The zero-order valence-corrected chi connectivity index (χ0v) is 20.2. The van der Waals surface area contributed by atoms with Crippen molar-refractivity contribution in [3.63, 3.8) is 0 Å². The molecule has 0 saturated carbocycles. The number of rotatable bonds is 9. The molecular formula is C26H29N3O5S. The van der Waals surface area contributed by atoms with Gasteiger partial charge in [0, 0.05) is 31.6 Å². The molecule has 2 aromatic carbocycles. The van der Waals surface area contributed by atoms with Crippen LogP contribution in [0.1, 0.15) is 17.5 Å². The molecule has 1 amide bonds. The predicted octanol–water partition coefficient (Wildman–Crippen LogP) is 3.18. The highest BCUT2D eigenvalue weighted by Gasteiger charge is 2.22. The van der Waals surface area contributed by atoms with Gasteiger partial charge in [-0.2, -0.15) is 0 Å². The molecule has 3 aromatic rings. The van der Waals surface area contributed by atoms with Gasteiger partial charge in [0.15, 0.2) is 0 Å². The Morgan fingerprint density at radius 1 is 1.06 bits per heavy atom. The molecule has 35 heavy (non-hydrogen) atoms. The number of hydroxylamine groups is 1. The molecule has 184 valence electrons. The van der Waals surface area contributed by atoms with Gasteiger partial charge in [-0.3, -0.25) is 14.9 Å². The number of ether oxygens (including phenoxy) is 1. The van der Waals surface area contributed by atoms with Gasteiger partial charge in [0.2, 0.25) is 0 Å². The van der Waals surface area contributed by atoms with Crippen molar-refractivity contribution in [2.45, 2.75) is 17.7 Å². The highest BCUT2D eigenvalue weighted by molar-refractivity contribution is 7.90. The van der Waals surface area contributed by atoms with Gasteiger partial charge in [-0.1, -0.05) is 42.5 Å². The Kier molecular flexibility index (Phi) is 8.14. The second-order valence-corrected chi connectivity index (χ2v) is 10.1. The van der Waals surface area contributed by atoms with E-state index in [-0.39, 0.29) is 4.90 Å². The Balaban J connectivity index is 1.63. The van der Waals surface area contributed by atoms with E-state index in [9.17, 15) is 13.2 Å². The van der Waals surface area contributed by atoms with Crippen LogP contribution in [0, 0.1) is 0 Å². The molecule has 0 bridgehead atoms. The van der Waals surface area contributed by atoms with Crippen molar-refractivity contribution in [1.82, 2.24) is 14.4 Å². The number of hydrogen-bond acceptors (Lipinski definition) is 6. The quantitative estimate of drug-likeness (QED) is 0.269. The Bertz CT molecular complexity index is 1280. The highest BCUT2D eigenvalue weighted by atomic mass is 32.2. The third kappa shape index (κ3) is 6.26. The lowest BCUT2D eigenvalue weighted by Gasteiger charge is -2.26. The van der Waals surface area contributed by atoms with Crippen molar-refractivity contribution in [3.8, 4) is 11.1 Å². The molecule has 1 aromatic heterocycles. The molecule has 8 nitrogen and oxygen atoms in total. The van der Waals surface area contributed by atoms with E-state index in [4.69, 9.17) is 9.94 Å². The van der Waals surface area contributed by atoms with E-state index < -0.39 is 15.9 Å². The first-order valence-corrected chi connectivity index (χ1v) is 13.0. The molecule has 2 N–H and O–H groups in total. The van der Waals surface area contributed by atoms with Gasteiger partial charge in [0.1, 0.15) is 0 Å². The molecule has 1 aliphatic heterocycles. The molecule has 0 unspecified atom stereocenters. The summed E-state index contributed by atoms with van der Waals surface area (Å²) in [5.41, 5.74) is 4.56. The summed E-state index contributed by atoms with van der Waals surface area (Å²) in [6.45, 7) is 4.14. The van der Waals surface area contributed by atoms with Crippen LogP contribution in [0.4, 0.5) is 0 Å².